The van der Waals surface area contributed by atoms with Gasteiger partial charge in [-0.05, 0) is 18.2 Å². The third-order valence-corrected chi connectivity index (χ3v) is 2.45. The monoisotopic (exact) mass is 253 g/mol. The van der Waals surface area contributed by atoms with Gasteiger partial charge in [0, 0.05) is 16.7 Å². The summed E-state index contributed by atoms with van der Waals surface area (Å²) < 4.78 is 14.6. The molecule has 4 nitrogen and oxygen atoms in total. The first-order chi connectivity index (χ1) is 8.06. The van der Waals surface area contributed by atoms with Crippen molar-refractivity contribution in [2.75, 3.05) is 5.73 Å². The molecule has 0 atom stereocenters. The van der Waals surface area contributed by atoms with Crippen LogP contribution in [0.15, 0.2) is 35.3 Å². The Morgan fingerprint density at radius 3 is 2.88 bits per heavy atom. The predicted octanol–water partition coefficient (Wildman–Crippen LogP) is 1.67. The summed E-state index contributed by atoms with van der Waals surface area (Å²) in [5.41, 5.74) is 5.60. The van der Waals surface area contributed by atoms with Gasteiger partial charge in [-0.2, -0.15) is 5.10 Å². The summed E-state index contributed by atoms with van der Waals surface area (Å²) in [5.74, 6) is -0.431. The van der Waals surface area contributed by atoms with Crippen LogP contribution >= 0.6 is 11.6 Å². The molecule has 0 aliphatic carbocycles. The summed E-state index contributed by atoms with van der Waals surface area (Å²) in [4.78, 5) is 11.5. The van der Waals surface area contributed by atoms with Crippen LogP contribution in [0.5, 0.6) is 0 Å². The van der Waals surface area contributed by atoms with Crippen molar-refractivity contribution in [3.05, 3.63) is 57.2 Å². The number of anilines is 1. The van der Waals surface area contributed by atoms with Crippen LogP contribution in [0, 0.1) is 5.82 Å². The quantitative estimate of drug-likeness (QED) is 0.886. The molecule has 0 saturated heterocycles. The van der Waals surface area contributed by atoms with Crippen LogP contribution in [0.3, 0.4) is 0 Å². The smallest absolute Gasteiger partial charge is 0.269 e. The Labute approximate surface area is 101 Å². The van der Waals surface area contributed by atoms with Gasteiger partial charge in [-0.25, -0.2) is 9.07 Å². The molecule has 0 aliphatic rings. The van der Waals surface area contributed by atoms with Gasteiger partial charge in [0.05, 0.1) is 18.4 Å². The largest absolute Gasteiger partial charge is 0.397 e. The zero-order valence-corrected chi connectivity index (χ0v) is 9.49. The van der Waals surface area contributed by atoms with E-state index in [0.29, 0.717) is 10.6 Å². The molecule has 1 aromatic carbocycles. The highest BCUT2D eigenvalue weighted by Gasteiger charge is 2.06. The zero-order chi connectivity index (χ0) is 12.4. The molecule has 1 aromatic heterocycles. The lowest BCUT2D eigenvalue weighted by Gasteiger charge is -2.06. The van der Waals surface area contributed by atoms with Gasteiger partial charge in [0.1, 0.15) is 5.82 Å². The number of nitrogens with two attached hydrogens (primary N) is 1. The van der Waals surface area contributed by atoms with Crippen molar-refractivity contribution >= 4 is 17.3 Å². The number of aromatic nitrogens is 2. The first kappa shape index (κ1) is 11.6. The van der Waals surface area contributed by atoms with Crippen molar-refractivity contribution in [2.24, 2.45) is 0 Å². The summed E-state index contributed by atoms with van der Waals surface area (Å²) >= 11 is 5.75. The third kappa shape index (κ3) is 2.62. The Hall–Kier alpha value is -1.88. The molecule has 0 fully saturated rings. The molecule has 1 heterocycles. The van der Waals surface area contributed by atoms with Crippen LogP contribution in [0.1, 0.15) is 5.56 Å². The summed E-state index contributed by atoms with van der Waals surface area (Å²) in [6, 6.07) is 5.39. The van der Waals surface area contributed by atoms with E-state index < -0.39 is 5.82 Å². The zero-order valence-electron chi connectivity index (χ0n) is 8.73. The van der Waals surface area contributed by atoms with Crippen molar-refractivity contribution in [3.8, 4) is 0 Å². The van der Waals surface area contributed by atoms with E-state index >= 15 is 0 Å². The lowest BCUT2D eigenvalue weighted by Crippen LogP contribution is -2.23. The summed E-state index contributed by atoms with van der Waals surface area (Å²) in [6.45, 7) is 0.0194. The first-order valence-corrected chi connectivity index (χ1v) is 5.20. The SMILES string of the molecule is Nc1cnn(Cc2cc(Cl)ccc2F)c(=O)c1. The molecule has 0 radical (unpaired) electrons. The van der Waals surface area contributed by atoms with E-state index in [1.165, 1.54) is 30.5 Å². The fraction of sp³-hybridized carbons (Fsp3) is 0.0909. The molecule has 0 aliphatic heterocycles. The molecule has 0 saturated carbocycles. The maximum atomic E-state index is 13.4. The predicted molar refractivity (Wildman–Crippen MR) is 63.4 cm³/mol. The molecule has 2 N–H and O–H groups in total. The van der Waals surface area contributed by atoms with E-state index in [0.717, 1.165) is 4.68 Å². The average Bonchev–Trinajstić information content (AvgIpc) is 2.27. The Bertz CT molecular complexity index is 612. The van der Waals surface area contributed by atoms with Gasteiger partial charge in [0.25, 0.3) is 5.56 Å². The second-order valence-corrected chi connectivity index (χ2v) is 3.96. The fourth-order valence-corrected chi connectivity index (χ4v) is 1.59. The summed E-state index contributed by atoms with van der Waals surface area (Å²) in [6.07, 6.45) is 1.34. The van der Waals surface area contributed by atoms with Gasteiger partial charge in [-0.1, -0.05) is 11.6 Å². The van der Waals surface area contributed by atoms with Gasteiger partial charge in [-0.3, -0.25) is 4.79 Å². The number of halogens is 2. The second kappa shape index (κ2) is 4.55. The van der Waals surface area contributed by atoms with Crippen molar-refractivity contribution in [1.29, 1.82) is 0 Å². The van der Waals surface area contributed by atoms with Gasteiger partial charge in [0.2, 0.25) is 0 Å². The van der Waals surface area contributed by atoms with Crippen LogP contribution in [0.25, 0.3) is 0 Å². The number of hydrogen-bond acceptors (Lipinski definition) is 3. The van der Waals surface area contributed by atoms with Crippen molar-refractivity contribution < 1.29 is 4.39 Å². The van der Waals surface area contributed by atoms with E-state index in [4.69, 9.17) is 17.3 Å². The van der Waals surface area contributed by atoms with E-state index in [1.54, 1.807) is 0 Å². The average molecular weight is 254 g/mol. The fourth-order valence-electron chi connectivity index (χ4n) is 1.39. The molecule has 0 spiro atoms. The maximum Gasteiger partial charge on any atom is 0.269 e. The molecule has 2 aromatic rings. The number of hydrogen-bond donors (Lipinski definition) is 1. The third-order valence-electron chi connectivity index (χ3n) is 2.22. The van der Waals surface area contributed by atoms with Gasteiger partial charge in [0.15, 0.2) is 0 Å². The van der Waals surface area contributed by atoms with Gasteiger partial charge in [-0.15, -0.1) is 0 Å². The van der Waals surface area contributed by atoms with Crippen molar-refractivity contribution in [1.82, 2.24) is 9.78 Å². The molecule has 0 unspecified atom stereocenters. The summed E-state index contributed by atoms with van der Waals surface area (Å²) in [7, 11) is 0. The van der Waals surface area contributed by atoms with Crippen LogP contribution in [0.4, 0.5) is 10.1 Å². The minimum Gasteiger partial charge on any atom is -0.397 e. The molecule has 0 amide bonds. The molecular weight excluding hydrogens is 245 g/mol. The topological polar surface area (TPSA) is 60.9 Å². The highest BCUT2D eigenvalue weighted by Crippen LogP contribution is 2.15. The van der Waals surface area contributed by atoms with E-state index in [1.807, 2.05) is 0 Å². The number of nitrogens with zero attached hydrogens (tertiary/aromatic N) is 2. The minimum absolute atomic E-state index is 0.0194. The standard InChI is InChI=1S/C11H9ClFN3O/c12-8-1-2-10(13)7(3-8)6-16-11(17)4-9(14)5-15-16/h1-5H,6,14H2. The van der Waals surface area contributed by atoms with Crippen molar-refractivity contribution in [2.45, 2.75) is 6.54 Å². The second-order valence-electron chi connectivity index (χ2n) is 3.52. The highest BCUT2D eigenvalue weighted by atomic mass is 35.5. The van der Waals surface area contributed by atoms with Crippen LogP contribution in [-0.2, 0) is 6.54 Å². The van der Waals surface area contributed by atoms with Crippen molar-refractivity contribution in [3.63, 3.8) is 0 Å². The molecular formula is C11H9ClFN3O. The molecule has 88 valence electrons. The number of rotatable bonds is 2. The Morgan fingerprint density at radius 1 is 1.41 bits per heavy atom. The number of nitrogen functional groups attached to an aromatic ring is 1. The minimum atomic E-state index is -0.431. The lowest BCUT2D eigenvalue weighted by atomic mass is 10.2. The molecule has 0 bridgehead atoms. The first-order valence-electron chi connectivity index (χ1n) is 4.83. The molecule has 2 rings (SSSR count). The number of benzene rings is 1. The van der Waals surface area contributed by atoms with E-state index in [9.17, 15) is 9.18 Å². The summed E-state index contributed by atoms with van der Waals surface area (Å²) in [5, 5.41) is 4.22. The van der Waals surface area contributed by atoms with Gasteiger partial charge >= 0.3 is 0 Å². The normalized spacial score (nSPS) is 10.5. The Kier molecular flexibility index (Phi) is 3.10. The Balaban J connectivity index is 2.38. The molecule has 6 heteroatoms. The van der Waals surface area contributed by atoms with Crippen LogP contribution in [-0.4, -0.2) is 9.78 Å². The van der Waals surface area contributed by atoms with E-state index in [2.05, 4.69) is 5.10 Å². The Morgan fingerprint density at radius 2 is 2.18 bits per heavy atom. The lowest BCUT2D eigenvalue weighted by molar-refractivity contribution is 0.572. The highest BCUT2D eigenvalue weighted by molar-refractivity contribution is 6.30. The van der Waals surface area contributed by atoms with Gasteiger partial charge < -0.3 is 5.73 Å². The van der Waals surface area contributed by atoms with E-state index in [-0.39, 0.29) is 17.8 Å². The van der Waals surface area contributed by atoms with Crippen LogP contribution in [0.2, 0.25) is 5.02 Å². The molecule has 17 heavy (non-hydrogen) atoms. The van der Waals surface area contributed by atoms with Crippen LogP contribution < -0.4 is 11.3 Å². The maximum absolute atomic E-state index is 13.4.